The quantitative estimate of drug-likeness (QED) is 0.805. The Labute approximate surface area is 88.1 Å². The van der Waals surface area contributed by atoms with E-state index in [9.17, 15) is 0 Å². The number of hydrogen-bond acceptors (Lipinski definition) is 3. The SMILES string of the molecule is OC1CC(CNc2ccncc2Cl)C1. The molecule has 1 aromatic rings. The van der Waals surface area contributed by atoms with Crippen LogP contribution in [-0.4, -0.2) is 22.7 Å². The van der Waals surface area contributed by atoms with Crippen LogP contribution in [0.1, 0.15) is 12.8 Å². The molecule has 1 saturated carbocycles. The molecule has 0 saturated heterocycles. The van der Waals surface area contributed by atoms with E-state index in [0.29, 0.717) is 10.9 Å². The van der Waals surface area contributed by atoms with Gasteiger partial charge in [-0.1, -0.05) is 11.6 Å². The zero-order valence-corrected chi connectivity index (χ0v) is 8.54. The van der Waals surface area contributed by atoms with Crippen molar-refractivity contribution in [3.05, 3.63) is 23.5 Å². The minimum Gasteiger partial charge on any atom is -0.393 e. The number of anilines is 1. The highest BCUT2D eigenvalue weighted by Gasteiger charge is 2.26. The molecule has 0 unspecified atom stereocenters. The van der Waals surface area contributed by atoms with Crippen LogP contribution in [0.15, 0.2) is 18.5 Å². The van der Waals surface area contributed by atoms with Crippen LogP contribution < -0.4 is 5.32 Å². The Kier molecular flexibility index (Phi) is 2.89. The predicted octanol–water partition coefficient (Wildman–Crippen LogP) is 1.92. The number of halogens is 1. The highest BCUT2D eigenvalue weighted by molar-refractivity contribution is 6.33. The van der Waals surface area contributed by atoms with Gasteiger partial charge in [0.25, 0.3) is 0 Å². The van der Waals surface area contributed by atoms with E-state index in [2.05, 4.69) is 10.3 Å². The van der Waals surface area contributed by atoms with Gasteiger partial charge in [0, 0.05) is 18.9 Å². The minimum absolute atomic E-state index is 0.0882. The average Bonchev–Trinajstić information content (AvgIpc) is 2.13. The van der Waals surface area contributed by atoms with E-state index in [1.807, 2.05) is 6.07 Å². The fraction of sp³-hybridized carbons (Fsp3) is 0.500. The first-order valence-electron chi connectivity index (χ1n) is 4.77. The monoisotopic (exact) mass is 212 g/mol. The Bertz CT molecular complexity index is 313. The van der Waals surface area contributed by atoms with Crippen LogP contribution in [0.5, 0.6) is 0 Å². The molecule has 0 aromatic carbocycles. The molecule has 2 rings (SSSR count). The van der Waals surface area contributed by atoms with E-state index >= 15 is 0 Å². The van der Waals surface area contributed by atoms with Crippen molar-refractivity contribution in [3.63, 3.8) is 0 Å². The summed E-state index contributed by atoms with van der Waals surface area (Å²) in [4.78, 5) is 3.91. The van der Waals surface area contributed by atoms with Crippen molar-refractivity contribution in [1.82, 2.24) is 4.98 Å². The largest absolute Gasteiger partial charge is 0.393 e. The average molecular weight is 213 g/mol. The normalized spacial score (nSPS) is 25.6. The van der Waals surface area contributed by atoms with Crippen molar-refractivity contribution in [3.8, 4) is 0 Å². The summed E-state index contributed by atoms with van der Waals surface area (Å²) < 4.78 is 0. The second kappa shape index (κ2) is 4.15. The van der Waals surface area contributed by atoms with Crippen LogP contribution in [-0.2, 0) is 0 Å². The molecular weight excluding hydrogens is 200 g/mol. The summed E-state index contributed by atoms with van der Waals surface area (Å²) in [5, 5.41) is 13.0. The lowest BCUT2D eigenvalue weighted by atomic mass is 9.82. The molecule has 76 valence electrons. The molecule has 14 heavy (non-hydrogen) atoms. The van der Waals surface area contributed by atoms with Crippen LogP contribution in [0.4, 0.5) is 5.69 Å². The van der Waals surface area contributed by atoms with Crippen LogP contribution in [0, 0.1) is 5.92 Å². The van der Waals surface area contributed by atoms with Gasteiger partial charge >= 0.3 is 0 Å². The molecule has 2 N–H and O–H groups in total. The minimum atomic E-state index is -0.0882. The van der Waals surface area contributed by atoms with Crippen LogP contribution in [0.2, 0.25) is 5.02 Å². The van der Waals surface area contributed by atoms with Gasteiger partial charge in [-0.2, -0.15) is 0 Å². The van der Waals surface area contributed by atoms with E-state index in [1.54, 1.807) is 12.4 Å². The summed E-state index contributed by atoms with van der Waals surface area (Å²) >= 11 is 5.92. The van der Waals surface area contributed by atoms with E-state index in [0.717, 1.165) is 25.1 Å². The van der Waals surface area contributed by atoms with Gasteiger partial charge in [0.1, 0.15) is 0 Å². The van der Waals surface area contributed by atoms with Crippen LogP contribution in [0.25, 0.3) is 0 Å². The summed E-state index contributed by atoms with van der Waals surface area (Å²) in [5.41, 5.74) is 0.919. The number of aromatic nitrogens is 1. The zero-order valence-electron chi connectivity index (χ0n) is 7.78. The van der Waals surface area contributed by atoms with E-state index < -0.39 is 0 Å². The maximum atomic E-state index is 9.11. The molecule has 1 aliphatic rings. The first kappa shape index (κ1) is 9.74. The standard InChI is InChI=1S/C10H13ClN2O/c11-9-6-12-2-1-10(9)13-5-7-3-8(14)4-7/h1-2,6-8,14H,3-5H2,(H,12,13). The fourth-order valence-corrected chi connectivity index (χ4v) is 1.83. The maximum Gasteiger partial charge on any atom is 0.0820 e. The van der Waals surface area contributed by atoms with Crippen LogP contribution in [0.3, 0.4) is 0 Å². The molecule has 0 aliphatic heterocycles. The Morgan fingerprint density at radius 1 is 1.57 bits per heavy atom. The molecule has 1 aliphatic carbocycles. The second-order valence-corrected chi connectivity index (χ2v) is 4.13. The Hall–Kier alpha value is -0.800. The summed E-state index contributed by atoms with van der Waals surface area (Å²) in [6.07, 6.45) is 5.05. The van der Waals surface area contributed by atoms with Crippen molar-refractivity contribution in [2.75, 3.05) is 11.9 Å². The van der Waals surface area contributed by atoms with E-state index in [1.165, 1.54) is 0 Å². The molecular formula is C10H13ClN2O. The molecule has 4 heteroatoms. The Morgan fingerprint density at radius 2 is 2.36 bits per heavy atom. The lowest BCUT2D eigenvalue weighted by molar-refractivity contribution is 0.0487. The molecule has 0 bridgehead atoms. The summed E-state index contributed by atoms with van der Waals surface area (Å²) in [7, 11) is 0. The third-order valence-electron chi connectivity index (χ3n) is 2.56. The topological polar surface area (TPSA) is 45.1 Å². The smallest absolute Gasteiger partial charge is 0.0820 e. The number of aliphatic hydroxyl groups is 1. The van der Waals surface area contributed by atoms with Gasteiger partial charge in [-0.25, -0.2) is 0 Å². The number of nitrogens with one attached hydrogen (secondary N) is 1. The maximum absolute atomic E-state index is 9.11. The third-order valence-corrected chi connectivity index (χ3v) is 2.87. The predicted molar refractivity (Wildman–Crippen MR) is 56.5 cm³/mol. The van der Waals surface area contributed by atoms with Gasteiger partial charge in [0.15, 0.2) is 0 Å². The van der Waals surface area contributed by atoms with Gasteiger partial charge in [-0.15, -0.1) is 0 Å². The van der Waals surface area contributed by atoms with Crippen LogP contribution >= 0.6 is 11.6 Å². The van der Waals surface area contributed by atoms with Crippen molar-refractivity contribution in [2.24, 2.45) is 5.92 Å². The first-order valence-corrected chi connectivity index (χ1v) is 5.15. The molecule has 0 atom stereocenters. The van der Waals surface area contributed by atoms with Crippen molar-refractivity contribution in [1.29, 1.82) is 0 Å². The summed E-state index contributed by atoms with van der Waals surface area (Å²) in [5.74, 6) is 0.578. The van der Waals surface area contributed by atoms with Crippen molar-refractivity contribution in [2.45, 2.75) is 18.9 Å². The molecule has 1 heterocycles. The molecule has 3 nitrogen and oxygen atoms in total. The number of pyridine rings is 1. The molecule has 0 radical (unpaired) electrons. The van der Waals surface area contributed by atoms with Gasteiger partial charge in [0.05, 0.1) is 16.8 Å². The van der Waals surface area contributed by atoms with Crippen molar-refractivity contribution < 1.29 is 5.11 Å². The molecule has 1 fully saturated rings. The highest BCUT2D eigenvalue weighted by atomic mass is 35.5. The molecule has 1 aromatic heterocycles. The number of rotatable bonds is 3. The first-order chi connectivity index (χ1) is 6.75. The lowest BCUT2D eigenvalue weighted by Crippen LogP contribution is -2.33. The van der Waals surface area contributed by atoms with E-state index in [-0.39, 0.29) is 6.10 Å². The molecule has 0 amide bonds. The van der Waals surface area contributed by atoms with Crippen molar-refractivity contribution >= 4 is 17.3 Å². The third kappa shape index (κ3) is 2.16. The number of nitrogens with zero attached hydrogens (tertiary/aromatic N) is 1. The Balaban J connectivity index is 1.83. The fourth-order valence-electron chi connectivity index (χ4n) is 1.64. The van der Waals surface area contributed by atoms with Gasteiger partial charge in [0.2, 0.25) is 0 Å². The highest BCUT2D eigenvalue weighted by Crippen LogP contribution is 2.28. The van der Waals surface area contributed by atoms with Gasteiger partial charge in [-0.3, -0.25) is 4.98 Å². The molecule has 0 spiro atoms. The van der Waals surface area contributed by atoms with Gasteiger partial charge in [-0.05, 0) is 24.8 Å². The second-order valence-electron chi connectivity index (χ2n) is 3.73. The summed E-state index contributed by atoms with van der Waals surface area (Å²) in [6, 6.07) is 1.86. The van der Waals surface area contributed by atoms with E-state index in [4.69, 9.17) is 16.7 Å². The zero-order chi connectivity index (χ0) is 9.97. The van der Waals surface area contributed by atoms with Gasteiger partial charge < -0.3 is 10.4 Å². The Morgan fingerprint density at radius 3 is 3.00 bits per heavy atom. The number of hydrogen-bond donors (Lipinski definition) is 2. The lowest BCUT2D eigenvalue weighted by Gasteiger charge is -2.31. The summed E-state index contributed by atoms with van der Waals surface area (Å²) in [6.45, 7) is 0.876. The number of aliphatic hydroxyl groups excluding tert-OH is 1.